The minimum atomic E-state index is -3.45. The van der Waals surface area contributed by atoms with Crippen LogP contribution in [0.15, 0.2) is 53.7 Å². The number of rotatable bonds is 6. The molecule has 2 aromatic heterocycles. The highest BCUT2D eigenvalue weighted by Gasteiger charge is 2.36. The summed E-state index contributed by atoms with van der Waals surface area (Å²) in [5.41, 5.74) is 0.833. The van der Waals surface area contributed by atoms with Crippen LogP contribution in [0.3, 0.4) is 0 Å². The summed E-state index contributed by atoms with van der Waals surface area (Å²) in [5, 5.41) is 3.44. The monoisotopic (exact) mass is 511 g/mol. The van der Waals surface area contributed by atoms with Gasteiger partial charge in [0.05, 0.1) is 19.7 Å². The highest BCUT2D eigenvalue weighted by molar-refractivity contribution is 7.92. The second-order valence-corrected chi connectivity index (χ2v) is 12.7. The lowest BCUT2D eigenvalue weighted by Gasteiger charge is -2.30. The Kier molecular flexibility index (Phi) is 6.88. The summed E-state index contributed by atoms with van der Waals surface area (Å²) >= 11 is 1.39. The van der Waals surface area contributed by atoms with Gasteiger partial charge in [-0.3, -0.25) is 14.6 Å². The van der Waals surface area contributed by atoms with E-state index in [0.717, 1.165) is 41.6 Å². The molecule has 1 aliphatic heterocycles. The number of likely N-dealkylation sites (tertiary alicyclic amines) is 1. The zero-order chi connectivity index (χ0) is 24.4. The molecule has 0 radical (unpaired) electrons. The topological polar surface area (TPSA) is 96.4 Å². The molecule has 9 heteroatoms. The lowest BCUT2D eigenvalue weighted by atomic mass is 9.88. The largest absolute Gasteiger partial charge is 0.347 e. The smallest absolute Gasteiger partial charge is 0.261 e. The summed E-state index contributed by atoms with van der Waals surface area (Å²) in [6, 6.07) is 10.5. The Hall–Kier alpha value is -2.78. The van der Waals surface area contributed by atoms with Gasteiger partial charge >= 0.3 is 0 Å². The molecule has 0 atom stereocenters. The van der Waals surface area contributed by atoms with Crippen molar-refractivity contribution in [2.75, 3.05) is 13.1 Å². The second-order valence-electron chi connectivity index (χ2n) is 9.40. The van der Waals surface area contributed by atoms with Crippen molar-refractivity contribution in [3.63, 3.8) is 0 Å². The molecule has 0 spiro atoms. The first-order valence-electron chi connectivity index (χ1n) is 12.2. The molecule has 5 rings (SSSR count). The number of thiophene rings is 1. The van der Waals surface area contributed by atoms with Crippen molar-refractivity contribution >= 4 is 43.1 Å². The molecule has 1 aromatic carbocycles. The number of hydrogen-bond acceptors (Lipinski definition) is 6. The van der Waals surface area contributed by atoms with Gasteiger partial charge in [0.15, 0.2) is 9.84 Å². The van der Waals surface area contributed by atoms with Crippen LogP contribution >= 0.6 is 11.3 Å². The molecule has 0 bridgehead atoms. The fourth-order valence-electron chi connectivity index (χ4n) is 5.07. The van der Waals surface area contributed by atoms with E-state index in [4.69, 9.17) is 0 Å². The molecule has 7 nitrogen and oxygen atoms in total. The number of aromatic nitrogens is 1. The average Bonchev–Trinajstić information content (AvgIpc) is 3.58. The fourth-order valence-corrected chi connectivity index (χ4v) is 7.81. The van der Waals surface area contributed by atoms with Crippen LogP contribution in [-0.4, -0.2) is 48.5 Å². The van der Waals surface area contributed by atoms with E-state index in [-0.39, 0.29) is 17.7 Å². The SMILES string of the molecule is O=C(NCc1ccc(S(=O)(=O)C2CCC(C(=O)N3CCCC3)CC2)cc1)c1cc2ccncc2s1. The van der Waals surface area contributed by atoms with Gasteiger partial charge in [0.2, 0.25) is 5.91 Å². The molecule has 2 fully saturated rings. The van der Waals surface area contributed by atoms with Gasteiger partial charge in [-0.1, -0.05) is 12.1 Å². The molecule has 2 amide bonds. The second kappa shape index (κ2) is 10.1. The van der Waals surface area contributed by atoms with Crippen LogP contribution in [0.25, 0.3) is 10.1 Å². The molecular weight excluding hydrogens is 482 g/mol. The quantitative estimate of drug-likeness (QED) is 0.536. The standard InChI is InChI=1S/C26H29N3O4S2/c30-25(23-15-20-11-12-27-17-24(20)34-23)28-16-18-3-7-21(8-4-18)35(32,33)22-9-5-19(6-10-22)26(31)29-13-1-2-14-29/h3-4,7-8,11-12,15,17,19,22H,1-2,5-6,9-10,13-14,16H2,(H,28,30). The minimum absolute atomic E-state index is 0.0391. The molecule has 1 aliphatic carbocycles. The van der Waals surface area contributed by atoms with Gasteiger partial charge in [0, 0.05) is 37.9 Å². The van der Waals surface area contributed by atoms with E-state index in [1.807, 2.05) is 17.0 Å². The maximum atomic E-state index is 13.2. The predicted molar refractivity (Wildman–Crippen MR) is 136 cm³/mol. The van der Waals surface area contributed by atoms with Crippen molar-refractivity contribution in [2.45, 2.75) is 55.2 Å². The van der Waals surface area contributed by atoms with E-state index >= 15 is 0 Å². The summed E-state index contributed by atoms with van der Waals surface area (Å²) in [6.07, 6.45) is 7.90. The first-order chi connectivity index (χ1) is 16.9. The molecule has 184 valence electrons. The van der Waals surface area contributed by atoms with Crippen molar-refractivity contribution in [1.82, 2.24) is 15.2 Å². The average molecular weight is 512 g/mol. The number of amides is 2. The maximum Gasteiger partial charge on any atom is 0.261 e. The van der Waals surface area contributed by atoms with Gasteiger partial charge in [0.1, 0.15) is 0 Å². The van der Waals surface area contributed by atoms with E-state index in [1.165, 1.54) is 11.3 Å². The third kappa shape index (κ3) is 5.11. The fraction of sp³-hybridized carbons (Fsp3) is 0.423. The summed E-state index contributed by atoms with van der Waals surface area (Å²) < 4.78 is 27.4. The van der Waals surface area contributed by atoms with Crippen molar-refractivity contribution in [2.24, 2.45) is 5.92 Å². The Morgan fingerprint density at radius 2 is 1.74 bits per heavy atom. The summed E-state index contributed by atoms with van der Waals surface area (Å²) in [6.45, 7) is 1.99. The van der Waals surface area contributed by atoms with Gasteiger partial charge < -0.3 is 10.2 Å². The zero-order valence-corrected chi connectivity index (χ0v) is 21.1. The summed E-state index contributed by atoms with van der Waals surface area (Å²) in [5.74, 6) is 0.00272. The Bertz CT molecular complexity index is 1290. The van der Waals surface area contributed by atoms with Crippen LogP contribution in [-0.2, 0) is 21.2 Å². The number of sulfone groups is 1. The van der Waals surface area contributed by atoms with Gasteiger partial charge in [-0.25, -0.2) is 8.42 Å². The highest BCUT2D eigenvalue weighted by atomic mass is 32.2. The Labute approximate surface area is 209 Å². The maximum absolute atomic E-state index is 13.2. The summed E-state index contributed by atoms with van der Waals surface area (Å²) in [7, 11) is -3.45. The summed E-state index contributed by atoms with van der Waals surface area (Å²) in [4.78, 5) is 32.1. The predicted octanol–water partition coefficient (Wildman–Crippen LogP) is 4.18. The van der Waals surface area contributed by atoms with Gasteiger partial charge in [-0.05, 0) is 73.7 Å². The molecule has 35 heavy (non-hydrogen) atoms. The third-order valence-corrected chi connectivity index (χ3v) is 10.5. The minimum Gasteiger partial charge on any atom is -0.347 e. The molecule has 1 saturated heterocycles. The lowest BCUT2D eigenvalue weighted by Crippen LogP contribution is -2.37. The number of pyridine rings is 1. The Morgan fingerprint density at radius 1 is 1.03 bits per heavy atom. The molecule has 0 unspecified atom stereocenters. The molecular formula is C26H29N3O4S2. The molecule has 1 saturated carbocycles. The third-order valence-electron chi connectivity index (χ3n) is 7.13. The Morgan fingerprint density at radius 3 is 2.43 bits per heavy atom. The number of carbonyl (C=O) groups excluding carboxylic acids is 2. The van der Waals surface area contributed by atoms with E-state index in [2.05, 4.69) is 10.3 Å². The van der Waals surface area contributed by atoms with Crippen LogP contribution < -0.4 is 5.32 Å². The lowest BCUT2D eigenvalue weighted by molar-refractivity contribution is -0.135. The zero-order valence-electron chi connectivity index (χ0n) is 19.5. The molecule has 2 aliphatic rings. The number of fused-ring (bicyclic) bond motifs is 1. The molecule has 3 heterocycles. The van der Waals surface area contributed by atoms with E-state index < -0.39 is 15.1 Å². The van der Waals surface area contributed by atoms with Crippen LogP contribution in [0.2, 0.25) is 0 Å². The number of nitrogens with one attached hydrogen (secondary N) is 1. The van der Waals surface area contributed by atoms with Gasteiger partial charge in [-0.2, -0.15) is 0 Å². The van der Waals surface area contributed by atoms with Crippen LogP contribution in [0, 0.1) is 5.92 Å². The highest BCUT2D eigenvalue weighted by Crippen LogP contribution is 2.33. The first kappa shape index (κ1) is 23.9. The number of carbonyl (C=O) groups is 2. The van der Waals surface area contributed by atoms with Crippen LogP contribution in [0.4, 0.5) is 0 Å². The molecule has 3 aromatic rings. The molecule has 1 N–H and O–H groups in total. The van der Waals surface area contributed by atoms with Crippen molar-refractivity contribution in [3.05, 3.63) is 59.2 Å². The van der Waals surface area contributed by atoms with Crippen LogP contribution in [0.5, 0.6) is 0 Å². The Balaban J connectivity index is 1.16. The van der Waals surface area contributed by atoms with Crippen molar-refractivity contribution in [3.8, 4) is 0 Å². The van der Waals surface area contributed by atoms with Gasteiger partial charge in [0.25, 0.3) is 5.91 Å². The number of hydrogen-bond donors (Lipinski definition) is 1. The van der Waals surface area contributed by atoms with Crippen molar-refractivity contribution < 1.29 is 18.0 Å². The number of nitrogens with zero attached hydrogens (tertiary/aromatic N) is 2. The van der Waals surface area contributed by atoms with E-state index in [9.17, 15) is 18.0 Å². The number of benzene rings is 1. The van der Waals surface area contributed by atoms with Crippen molar-refractivity contribution in [1.29, 1.82) is 0 Å². The first-order valence-corrected chi connectivity index (χ1v) is 14.5. The normalized spacial score (nSPS) is 20.7. The van der Waals surface area contributed by atoms with Crippen LogP contribution in [0.1, 0.15) is 53.8 Å². The van der Waals surface area contributed by atoms with E-state index in [1.54, 1.807) is 36.7 Å². The van der Waals surface area contributed by atoms with E-state index in [0.29, 0.717) is 42.0 Å². The van der Waals surface area contributed by atoms with Gasteiger partial charge in [-0.15, -0.1) is 11.3 Å².